The Morgan fingerprint density at radius 1 is 1.30 bits per heavy atom. The molecule has 1 heterocycles. The number of morpholine rings is 1. The van der Waals surface area contributed by atoms with Crippen molar-refractivity contribution in [2.75, 3.05) is 44.8 Å². The van der Waals surface area contributed by atoms with Gasteiger partial charge in [-0.05, 0) is 24.1 Å². The summed E-state index contributed by atoms with van der Waals surface area (Å²) in [6.07, 6.45) is 1.03. The van der Waals surface area contributed by atoms with Crippen molar-refractivity contribution < 1.29 is 9.13 Å². The predicted octanol–water partition coefficient (Wildman–Crippen LogP) is 2.36. The van der Waals surface area contributed by atoms with Gasteiger partial charge in [-0.3, -0.25) is 4.99 Å². The van der Waals surface area contributed by atoms with E-state index in [2.05, 4.69) is 22.5 Å². The molecule has 7 heteroatoms. The Kier molecular flexibility index (Phi) is 9.23. The van der Waals surface area contributed by atoms with Crippen LogP contribution in [0.2, 0.25) is 0 Å². The summed E-state index contributed by atoms with van der Waals surface area (Å²) >= 11 is 0. The second-order valence-corrected chi connectivity index (χ2v) is 5.24. The maximum atomic E-state index is 14.3. The maximum Gasteiger partial charge on any atom is 0.191 e. The molecule has 23 heavy (non-hydrogen) atoms. The van der Waals surface area contributed by atoms with Crippen LogP contribution in [0.15, 0.2) is 23.2 Å². The number of aliphatic imine (C=N–C) groups is 1. The molecule has 1 aromatic carbocycles. The monoisotopic (exact) mass is 436 g/mol. The van der Waals surface area contributed by atoms with E-state index in [4.69, 9.17) is 4.74 Å². The van der Waals surface area contributed by atoms with Gasteiger partial charge < -0.3 is 20.3 Å². The fourth-order valence-corrected chi connectivity index (χ4v) is 2.37. The number of benzene rings is 1. The Morgan fingerprint density at radius 2 is 2.04 bits per heavy atom. The minimum absolute atomic E-state index is 0. The van der Waals surface area contributed by atoms with Gasteiger partial charge in [0.05, 0.1) is 18.9 Å². The van der Waals surface area contributed by atoms with Gasteiger partial charge in [0, 0.05) is 33.2 Å². The summed E-state index contributed by atoms with van der Waals surface area (Å²) in [5.41, 5.74) is 1.55. The summed E-state index contributed by atoms with van der Waals surface area (Å²) in [5.74, 6) is 0.553. The van der Waals surface area contributed by atoms with E-state index in [0.29, 0.717) is 25.4 Å². The van der Waals surface area contributed by atoms with Gasteiger partial charge in [0.25, 0.3) is 0 Å². The first-order chi connectivity index (χ1) is 10.7. The number of guanidine groups is 1. The number of nitrogens with zero attached hydrogens (tertiary/aromatic N) is 2. The number of rotatable bonds is 5. The van der Waals surface area contributed by atoms with E-state index >= 15 is 0 Å². The highest BCUT2D eigenvalue weighted by Crippen LogP contribution is 2.21. The third-order valence-electron chi connectivity index (χ3n) is 3.59. The van der Waals surface area contributed by atoms with Crippen LogP contribution in [0.1, 0.15) is 18.9 Å². The first-order valence-electron chi connectivity index (χ1n) is 7.80. The van der Waals surface area contributed by atoms with Crippen LogP contribution in [0.4, 0.5) is 10.1 Å². The molecule has 5 nitrogen and oxygen atoms in total. The molecular weight excluding hydrogens is 410 g/mol. The second kappa shape index (κ2) is 10.6. The fraction of sp³-hybridized carbons (Fsp3) is 0.562. The first-order valence-corrected chi connectivity index (χ1v) is 7.80. The molecule has 0 aromatic heterocycles. The van der Waals surface area contributed by atoms with Gasteiger partial charge in [0.2, 0.25) is 0 Å². The lowest BCUT2D eigenvalue weighted by Gasteiger charge is -2.29. The third-order valence-corrected chi connectivity index (χ3v) is 3.59. The van der Waals surface area contributed by atoms with E-state index in [-0.39, 0.29) is 29.8 Å². The standard InChI is InChI=1S/C16H25FN4O.HI/c1-3-6-19-16(18-2)20-12-13-4-5-15(14(17)11-13)21-7-9-22-10-8-21;/h4-5,11H,3,6-10,12H2,1-2H3,(H2,18,19,20);1H. The van der Waals surface area contributed by atoms with Gasteiger partial charge in [-0.25, -0.2) is 4.39 Å². The quantitative estimate of drug-likeness (QED) is 0.423. The lowest BCUT2D eigenvalue weighted by molar-refractivity contribution is 0.122. The smallest absolute Gasteiger partial charge is 0.191 e. The van der Waals surface area contributed by atoms with Crippen molar-refractivity contribution in [3.8, 4) is 0 Å². The summed E-state index contributed by atoms with van der Waals surface area (Å²) in [6, 6.07) is 5.39. The van der Waals surface area contributed by atoms with Crippen LogP contribution < -0.4 is 15.5 Å². The normalized spacial score (nSPS) is 15.1. The molecule has 1 fully saturated rings. The lowest BCUT2D eigenvalue weighted by Crippen LogP contribution is -2.37. The van der Waals surface area contributed by atoms with E-state index in [1.165, 1.54) is 0 Å². The summed E-state index contributed by atoms with van der Waals surface area (Å²) in [5, 5.41) is 6.38. The molecule has 2 N–H and O–H groups in total. The number of anilines is 1. The maximum absolute atomic E-state index is 14.3. The molecule has 1 aromatic rings. The van der Waals surface area contributed by atoms with Crippen molar-refractivity contribution in [3.63, 3.8) is 0 Å². The molecule has 2 rings (SSSR count). The zero-order valence-electron chi connectivity index (χ0n) is 13.8. The van der Waals surface area contributed by atoms with Crippen LogP contribution >= 0.6 is 24.0 Å². The zero-order valence-corrected chi connectivity index (χ0v) is 16.1. The van der Waals surface area contributed by atoms with Crippen LogP contribution in [-0.4, -0.2) is 45.9 Å². The summed E-state index contributed by atoms with van der Waals surface area (Å²) in [7, 11) is 1.73. The first kappa shape index (κ1) is 20.0. The van der Waals surface area contributed by atoms with Crippen molar-refractivity contribution >= 4 is 35.6 Å². The van der Waals surface area contributed by atoms with E-state index < -0.39 is 0 Å². The Hall–Kier alpha value is -1.09. The Labute approximate surface area is 154 Å². The average molecular weight is 436 g/mol. The van der Waals surface area contributed by atoms with E-state index in [9.17, 15) is 4.39 Å². The SMILES string of the molecule is CCCNC(=NC)NCc1ccc(N2CCOCC2)c(F)c1.I. The molecule has 0 amide bonds. The highest BCUT2D eigenvalue weighted by Gasteiger charge is 2.15. The average Bonchev–Trinajstić information content (AvgIpc) is 2.56. The molecule has 0 unspecified atom stereocenters. The molecule has 0 bridgehead atoms. The molecule has 0 atom stereocenters. The topological polar surface area (TPSA) is 48.9 Å². The second-order valence-electron chi connectivity index (χ2n) is 5.24. The fourth-order valence-electron chi connectivity index (χ4n) is 2.37. The van der Waals surface area contributed by atoms with Gasteiger partial charge in [0.15, 0.2) is 5.96 Å². The molecular formula is C16H26FIN4O. The van der Waals surface area contributed by atoms with Crippen molar-refractivity contribution in [1.82, 2.24) is 10.6 Å². The van der Waals surface area contributed by atoms with Gasteiger partial charge >= 0.3 is 0 Å². The Bertz CT molecular complexity index is 507. The lowest BCUT2D eigenvalue weighted by atomic mass is 10.1. The van der Waals surface area contributed by atoms with Crippen LogP contribution in [-0.2, 0) is 11.3 Å². The largest absolute Gasteiger partial charge is 0.378 e. The minimum Gasteiger partial charge on any atom is -0.378 e. The number of halogens is 2. The van der Waals surface area contributed by atoms with Crippen molar-refractivity contribution in [3.05, 3.63) is 29.6 Å². The molecule has 1 aliphatic rings. The highest BCUT2D eigenvalue weighted by molar-refractivity contribution is 14.0. The van der Waals surface area contributed by atoms with Gasteiger partial charge in [-0.15, -0.1) is 24.0 Å². The van der Waals surface area contributed by atoms with Crippen molar-refractivity contribution in [2.45, 2.75) is 19.9 Å². The summed E-state index contributed by atoms with van der Waals surface area (Å²) in [4.78, 5) is 6.16. The number of hydrogen-bond acceptors (Lipinski definition) is 3. The van der Waals surface area contributed by atoms with Gasteiger partial charge in [0.1, 0.15) is 5.82 Å². The predicted molar refractivity (Wildman–Crippen MR) is 103 cm³/mol. The van der Waals surface area contributed by atoms with Crippen LogP contribution in [0.25, 0.3) is 0 Å². The molecule has 0 saturated carbocycles. The molecule has 0 radical (unpaired) electrons. The Balaban J connectivity index is 0.00000264. The molecule has 1 aliphatic heterocycles. The summed E-state index contributed by atoms with van der Waals surface area (Å²) < 4.78 is 19.6. The van der Waals surface area contributed by atoms with E-state index in [1.807, 2.05) is 17.0 Å². The minimum atomic E-state index is -0.183. The summed E-state index contributed by atoms with van der Waals surface area (Å²) in [6.45, 7) is 6.29. The van der Waals surface area contributed by atoms with Gasteiger partial charge in [-0.1, -0.05) is 13.0 Å². The number of hydrogen-bond donors (Lipinski definition) is 2. The van der Waals surface area contributed by atoms with Crippen LogP contribution in [0.5, 0.6) is 0 Å². The molecule has 1 saturated heterocycles. The van der Waals surface area contributed by atoms with Crippen molar-refractivity contribution in [1.29, 1.82) is 0 Å². The molecule has 0 aliphatic carbocycles. The van der Waals surface area contributed by atoms with Crippen LogP contribution in [0, 0.1) is 5.82 Å². The van der Waals surface area contributed by atoms with E-state index in [0.717, 1.165) is 37.6 Å². The number of nitrogens with one attached hydrogen (secondary N) is 2. The van der Waals surface area contributed by atoms with Crippen molar-refractivity contribution in [2.24, 2.45) is 4.99 Å². The molecule has 0 spiro atoms. The van der Waals surface area contributed by atoms with Gasteiger partial charge in [-0.2, -0.15) is 0 Å². The van der Waals surface area contributed by atoms with Crippen LogP contribution in [0.3, 0.4) is 0 Å². The zero-order chi connectivity index (χ0) is 15.8. The van der Waals surface area contributed by atoms with E-state index in [1.54, 1.807) is 13.1 Å². The highest BCUT2D eigenvalue weighted by atomic mass is 127. The number of ether oxygens (including phenoxy) is 1. The Morgan fingerprint density at radius 3 is 2.65 bits per heavy atom. The third kappa shape index (κ3) is 6.14. The molecule has 130 valence electrons.